The van der Waals surface area contributed by atoms with Crippen molar-refractivity contribution in [3.8, 4) is 0 Å². The van der Waals surface area contributed by atoms with Crippen LogP contribution in [0.4, 0.5) is 4.39 Å². The number of ketones is 1. The van der Waals surface area contributed by atoms with E-state index in [1.165, 1.54) is 17.4 Å². The maximum absolute atomic E-state index is 13.6. The Hall–Kier alpha value is -1.74. The summed E-state index contributed by atoms with van der Waals surface area (Å²) in [5.41, 5.74) is 0.368. The van der Waals surface area contributed by atoms with Crippen LogP contribution >= 0.6 is 11.3 Å². The SMILES string of the molecule is O=C(/C(F)=C/c1cccs1)c1ccccc1. The van der Waals surface area contributed by atoms with Crippen molar-refractivity contribution in [2.75, 3.05) is 0 Å². The van der Waals surface area contributed by atoms with Crippen LogP contribution in [0, 0.1) is 0 Å². The number of carbonyl (C=O) groups excluding carboxylic acids is 1. The molecule has 0 saturated carbocycles. The van der Waals surface area contributed by atoms with E-state index >= 15 is 0 Å². The largest absolute Gasteiger partial charge is 0.286 e. The maximum Gasteiger partial charge on any atom is 0.221 e. The molecule has 0 bridgehead atoms. The standard InChI is InChI=1S/C13H9FOS/c14-12(9-11-7-4-8-16-11)13(15)10-5-2-1-3-6-10/h1-9H/b12-9-. The van der Waals surface area contributed by atoms with Crippen molar-refractivity contribution < 1.29 is 9.18 Å². The highest BCUT2D eigenvalue weighted by atomic mass is 32.1. The highest BCUT2D eigenvalue weighted by Gasteiger charge is 2.11. The first kappa shape index (κ1) is 10.8. The minimum absolute atomic E-state index is 0.368. The zero-order valence-electron chi connectivity index (χ0n) is 8.39. The summed E-state index contributed by atoms with van der Waals surface area (Å²) in [5.74, 6) is -1.30. The van der Waals surface area contributed by atoms with Crippen LogP contribution in [0.3, 0.4) is 0 Å². The highest BCUT2D eigenvalue weighted by Crippen LogP contribution is 2.17. The number of hydrogen-bond donors (Lipinski definition) is 0. The maximum atomic E-state index is 13.6. The molecular formula is C13H9FOS. The van der Waals surface area contributed by atoms with Crippen LogP contribution in [0.25, 0.3) is 6.08 Å². The van der Waals surface area contributed by atoms with E-state index in [2.05, 4.69) is 0 Å². The number of rotatable bonds is 3. The molecule has 0 aliphatic carbocycles. The summed E-state index contributed by atoms with van der Waals surface area (Å²) in [4.78, 5) is 12.4. The van der Waals surface area contributed by atoms with Gasteiger partial charge in [0.05, 0.1) is 0 Å². The monoisotopic (exact) mass is 232 g/mol. The Kier molecular flexibility index (Phi) is 3.27. The average Bonchev–Trinajstić information content (AvgIpc) is 2.82. The van der Waals surface area contributed by atoms with E-state index in [4.69, 9.17) is 0 Å². The van der Waals surface area contributed by atoms with Crippen molar-refractivity contribution in [1.29, 1.82) is 0 Å². The molecule has 1 heterocycles. The van der Waals surface area contributed by atoms with Gasteiger partial charge in [-0.25, -0.2) is 4.39 Å². The quantitative estimate of drug-likeness (QED) is 0.578. The normalized spacial score (nSPS) is 11.4. The zero-order valence-corrected chi connectivity index (χ0v) is 9.21. The van der Waals surface area contributed by atoms with Gasteiger partial charge in [-0.3, -0.25) is 4.79 Å². The average molecular weight is 232 g/mol. The number of allylic oxidation sites excluding steroid dienone is 1. The third-order valence-corrected chi connectivity index (χ3v) is 2.88. The van der Waals surface area contributed by atoms with Crippen LogP contribution in [0.1, 0.15) is 15.2 Å². The lowest BCUT2D eigenvalue weighted by Gasteiger charge is -1.96. The van der Waals surface area contributed by atoms with Crippen molar-refractivity contribution >= 4 is 23.2 Å². The molecule has 0 spiro atoms. The molecule has 0 aliphatic heterocycles. The third kappa shape index (κ3) is 2.44. The summed E-state index contributed by atoms with van der Waals surface area (Å²) in [6.07, 6.45) is 1.26. The minimum atomic E-state index is -0.728. The molecule has 0 saturated heterocycles. The molecule has 0 radical (unpaired) electrons. The Bertz CT molecular complexity index is 500. The molecule has 1 aromatic heterocycles. The topological polar surface area (TPSA) is 17.1 Å². The van der Waals surface area contributed by atoms with E-state index in [-0.39, 0.29) is 0 Å². The van der Waals surface area contributed by atoms with Gasteiger partial charge in [-0.15, -0.1) is 11.3 Å². The van der Waals surface area contributed by atoms with Crippen molar-refractivity contribution in [3.63, 3.8) is 0 Å². The Balaban J connectivity index is 2.23. The molecular weight excluding hydrogens is 223 g/mol. The molecule has 0 atom stereocenters. The van der Waals surface area contributed by atoms with Crippen LogP contribution in [-0.4, -0.2) is 5.78 Å². The molecule has 16 heavy (non-hydrogen) atoms. The van der Waals surface area contributed by atoms with Gasteiger partial charge in [0.1, 0.15) is 0 Å². The van der Waals surface area contributed by atoms with Gasteiger partial charge in [-0.05, 0) is 17.5 Å². The molecule has 0 unspecified atom stereocenters. The Morgan fingerprint density at radius 1 is 1.12 bits per heavy atom. The van der Waals surface area contributed by atoms with Gasteiger partial charge in [0, 0.05) is 10.4 Å². The van der Waals surface area contributed by atoms with Gasteiger partial charge in [0.2, 0.25) is 5.78 Å². The van der Waals surface area contributed by atoms with Gasteiger partial charge in [-0.1, -0.05) is 36.4 Å². The Morgan fingerprint density at radius 3 is 2.50 bits per heavy atom. The number of benzene rings is 1. The Morgan fingerprint density at radius 2 is 1.88 bits per heavy atom. The van der Waals surface area contributed by atoms with E-state index in [0.29, 0.717) is 5.56 Å². The first-order valence-corrected chi connectivity index (χ1v) is 5.66. The van der Waals surface area contributed by atoms with E-state index in [0.717, 1.165) is 4.88 Å². The fraction of sp³-hybridized carbons (Fsp3) is 0. The number of carbonyl (C=O) groups is 1. The molecule has 80 valence electrons. The number of halogens is 1. The smallest absolute Gasteiger partial charge is 0.221 e. The second kappa shape index (κ2) is 4.86. The first-order valence-electron chi connectivity index (χ1n) is 4.78. The van der Waals surface area contributed by atoms with E-state index in [1.54, 1.807) is 36.4 Å². The molecule has 2 rings (SSSR count). The summed E-state index contributed by atoms with van der Waals surface area (Å²) in [6.45, 7) is 0. The van der Waals surface area contributed by atoms with Crippen molar-refractivity contribution in [2.45, 2.75) is 0 Å². The predicted octanol–water partition coefficient (Wildman–Crippen LogP) is 3.94. The van der Waals surface area contributed by atoms with Crippen LogP contribution < -0.4 is 0 Å². The highest BCUT2D eigenvalue weighted by molar-refractivity contribution is 7.10. The van der Waals surface area contributed by atoms with E-state index in [1.807, 2.05) is 11.4 Å². The molecule has 2 aromatic rings. The number of thiophene rings is 1. The van der Waals surface area contributed by atoms with E-state index in [9.17, 15) is 9.18 Å². The third-order valence-electron chi connectivity index (χ3n) is 2.07. The molecule has 1 nitrogen and oxygen atoms in total. The summed E-state index contributed by atoms with van der Waals surface area (Å²) in [6, 6.07) is 12.0. The van der Waals surface area contributed by atoms with Crippen molar-refractivity contribution in [3.05, 3.63) is 64.1 Å². The number of hydrogen-bond acceptors (Lipinski definition) is 2. The van der Waals surface area contributed by atoms with Crippen LogP contribution in [0.2, 0.25) is 0 Å². The first-order chi connectivity index (χ1) is 7.77. The van der Waals surface area contributed by atoms with E-state index < -0.39 is 11.6 Å². The lowest BCUT2D eigenvalue weighted by Crippen LogP contribution is -1.98. The second-order valence-electron chi connectivity index (χ2n) is 3.20. The summed E-state index contributed by atoms with van der Waals surface area (Å²) < 4.78 is 13.6. The lowest BCUT2D eigenvalue weighted by molar-refractivity contribution is 0.101. The van der Waals surface area contributed by atoms with Crippen LogP contribution in [0.5, 0.6) is 0 Å². The molecule has 0 amide bonds. The van der Waals surface area contributed by atoms with Gasteiger partial charge in [0.15, 0.2) is 5.83 Å². The van der Waals surface area contributed by atoms with Crippen molar-refractivity contribution in [2.24, 2.45) is 0 Å². The van der Waals surface area contributed by atoms with Gasteiger partial charge >= 0.3 is 0 Å². The lowest BCUT2D eigenvalue weighted by atomic mass is 10.1. The fourth-order valence-electron chi connectivity index (χ4n) is 1.29. The molecule has 0 fully saturated rings. The second-order valence-corrected chi connectivity index (χ2v) is 4.18. The molecule has 3 heteroatoms. The summed E-state index contributed by atoms with van der Waals surface area (Å²) >= 11 is 1.40. The van der Waals surface area contributed by atoms with Gasteiger partial charge in [0.25, 0.3) is 0 Å². The van der Waals surface area contributed by atoms with Gasteiger partial charge < -0.3 is 0 Å². The number of Topliss-reactive ketones (excluding diaryl/α,β-unsaturated/α-hetero) is 1. The molecule has 0 N–H and O–H groups in total. The summed E-state index contributed by atoms with van der Waals surface area (Å²) in [7, 11) is 0. The van der Waals surface area contributed by atoms with Gasteiger partial charge in [-0.2, -0.15) is 0 Å². The Labute approximate surface area is 96.9 Å². The summed E-state index contributed by atoms with van der Waals surface area (Å²) in [5, 5.41) is 1.84. The van der Waals surface area contributed by atoms with Crippen LogP contribution in [0.15, 0.2) is 53.7 Å². The minimum Gasteiger partial charge on any atom is -0.286 e. The molecule has 0 aliphatic rings. The zero-order chi connectivity index (χ0) is 11.4. The predicted molar refractivity (Wildman–Crippen MR) is 64.2 cm³/mol. The fourth-order valence-corrected chi connectivity index (χ4v) is 1.93. The molecule has 1 aromatic carbocycles. The van der Waals surface area contributed by atoms with Crippen LogP contribution in [-0.2, 0) is 0 Å². The van der Waals surface area contributed by atoms with Crippen molar-refractivity contribution in [1.82, 2.24) is 0 Å².